The van der Waals surface area contributed by atoms with Gasteiger partial charge in [-0.3, -0.25) is 14.5 Å². The average Bonchev–Trinajstić information content (AvgIpc) is 2.71. The van der Waals surface area contributed by atoms with E-state index in [-0.39, 0.29) is 24.0 Å². The summed E-state index contributed by atoms with van der Waals surface area (Å²) in [5.41, 5.74) is 1.09. The highest BCUT2D eigenvalue weighted by molar-refractivity contribution is 5.90. The summed E-state index contributed by atoms with van der Waals surface area (Å²) in [4.78, 5) is 39.2. The Hall–Kier alpha value is -2.25. The van der Waals surface area contributed by atoms with Crippen molar-refractivity contribution < 1.29 is 24.2 Å². The summed E-state index contributed by atoms with van der Waals surface area (Å²) < 4.78 is 5.31. The Balaban J connectivity index is 2.01. The molecule has 2 rings (SSSR count). The van der Waals surface area contributed by atoms with E-state index in [1.54, 1.807) is 0 Å². The van der Waals surface area contributed by atoms with Gasteiger partial charge in [0.1, 0.15) is 11.8 Å². The van der Waals surface area contributed by atoms with Crippen molar-refractivity contribution in [2.45, 2.75) is 45.6 Å². The predicted octanol–water partition coefficient (Wildman–Crippen LogP) is 2.14. The smallest absolute Gasteiger partial charge is 0.326 e. The molecule has 1 amide bonds. The summed E-state index contributed by atoms with van der Waals surface area (Å²) in [5.74, 6) is -1.81. The molecule has 1 heterocycles. The number of nitrogens with zero attached hydrogens (tertiary/aromatic N) is 1. The minimum absolute atomic E-state index is 0.000784. The van der Waals surface area contributed by atoms with Crippen LogP contribution in [0.2, 0.25) is 0 Å². The first-order chi connectivity index (χ1) is 14.3. The number of amides is 1. The number of Topliss-reactive ketones (excluding diaryl/α,β-unsaturated/α-hetero) is 1. The van der Waals surface area contributed by atoms with E-state index >= 15 is 0 Å². The summed E-state index contributed by atoms with van der Waals surface area (Å²) in [6.07, 6.45) is 1.63. The van der Waals surface area contributed by atoms with Crippen LogP contribution < -0.4 is 5.32 Å². The van der Waals surface area contributed by atoms with E-state index in [4.69, 9.17) is 4.74 Å². The van der Waals surface area contributed by atoms with Gasteiger partial charge in [0, 0.05) is 25.4 Å². The van der Waals surface area contributed by atoms with Crippen LogP contribution in [0, 0.1) is 11.8 Å². The Morgan fingerprint density at radius 3 is 2.40 bits per heavy atom. The molecule has 1 aliphatic rings. The van der Waals surface area contributed by atoms with Gasteiger partial charge in [-0.2, -0.15) is 0 Å². The van der Waals surface area contributed by atoms with Gasteiger partial charge in [-0.25, -0.2) is 4.79 Å². The number of hydrogen-bond donors (Lipinski definition) is 2. The number of aliphatic carboxylic acids is 1. The van der Waals surface area contributed by atoms with Crippen LogP contribution in [0.5, 0.6) is 0 Å². The van der Waals surface area contributed by atoms with Crippen LogP contribution in [0.15, 0.2) is 30.3 Å². The zero-order valence-electron chi connectivity index (χ0n) is 18.0. The lowest BCUT2D eigenvalue weighted by atomic mass is 9.92. The molecule has 1 aromatic carbocycles. The third kappa shape index (κ3) is 8.63. The van der Waals surface area contributed by atoms with E-state index in [2.05, 4.69) is 5.32 Å². The van der Waals surface area contributed by atoms with Crippen LogP contribution in [0.25, 0.3) is 0 Å². The van der Waals surface area contributed by atoms with E-state index in [1.807, 2.05) is 49.1 Å². The Bertz CT molecular complexity index is 686. The molecule has 0 spiro atoms. The number of benzene rings is 1. The Morgan fingerprint density at radius 2 is 1.80 bits per heavy atom. The maximum atomic E-state index is 12.9. The molecule has 0 radical (unpaired) electrons. The summed E-state index contributed by atoms with van der Waals surface area (Å²) in [7, 11) is 0. The highest BCUT2D eigenvalue weighted by Crippen LogP contribution is 2.16. The topological polar surface area (TPSA) is 95.9 Å². The molecule has 7 nitrogen and oxygen atoms in total. The molecule has 1 aromatic rings. The molecule has 0 aromatic heterocycles. The third-order valence-electron chi connectivity index (χ3n) is 5.29. The summed E-state index contributed by atoms with van der Waals surface area (Å²) in [6, 6.07) is 8.86. The van der Waals surface area contributed by atoms with Gasteiger partial charge in [0.05, 0.1) is 19.8 Å². The van der Waals surface area contributed by atoms with Crippen molar-refractivity contribution in [1.29, 1.82) is 0 Å². The first-order valence-corrected chi connectivity index (χ1v) is 10.7. The molecular weight excluding hydrogens is 384 g/mol. The molecule has 1 fully saturated rings. The number of ether oxygens (including phenoxy) is 1. The average molecular weight is 419 g/mol. The molecule has 0 saturated carbocycles. The van der Waals surface area contributed by atoms with Gasteiger partial charge in [0.15, 0.2) is 0 Å². The summed E-state index contributed by atoms with van der Waals surface area (Å²) >= 11 is 0. The zero-order valence-corrected chi connectivity index (χ0v) is 18.0. The maximum absolute atomic E-state index is 12.9. The Morgan fingerprint density at radius 1 is 1.13 bits per heavy atom. The molecule has 2 atom stereocenters. The maximum Gasteiger partial charge on any atom is 0.326 e. The van der Waals surface area contributed by atoms with Gasteiger partial charge in [0.25, 0.3) is 0 Å². The lowest BCUT2D eigenvalue weighted by Gasteiger charge is -2.26. The molecule has 1 aliphatic heterocycles. The number of ketones is 1. The lowest BCUT2D eigenvalue weighted by Crippen LogP contribution is -2.45. The van der Waals surface area contributed by atoms with E-state index in [1.165, 1.54) is 0 Å². The standard InChI is InChI=1S/C23H34N2O5/c1-17(2)14-21(23(28)29)24-22(27)19(9-8-18-6-4-3-5-7-18)15-20(26)16-25-10-12-30-13-11-25/h3-7,17,19,21H,8-16H2,1-2H3,(H,24,27)(H,28,29)/t19-,21?/m1/s1. The number of nitrogens with one attached hydrogen (secondary N) is 1. The Kier molecular flexibility index (Phi) is 9.97. The van der Waals surface area contributed by atoms with Crippen LogP contribution in [0.4, 0.5) is 0 Å². The minimum atomic E-state index is -1.04. The SMILES string of the molecule is CC(C)CC(NC(=O)[C@H](CCc1ccccc1)CC(=O)CN1CCOCC1)C(=O)O. The van der Waals surface area contributed by atoms with Gasteiger partial charge >= 0.3 is 5.97 Å². The van der Waals surface area contributed by atoms with Crippen molar-refractivity contribution in [3.05, 3.63) is 35.9 Å². The first-order valence-electron chi connectivity index (χ1n) is 10.7. The number of hydrogen-bond acceptors (Lipinski definition) is 5. The molecule has 30 heavy (non-hydrogen) atoms. The van der Waals surface area contributed by atoms with Crippen molar-refractivity contribution in [3.63, 3.8) is 0 Å². The van der Waals surface area contributed by atoms with E-state index in [0.717, 1.165) is 5.56 Å². The van der Waals surface area contributed by atoms with Crippen molar-refractivity contribution in [2.24, 2.45) is 11.8 Å². The van der Waals surface area contributed by atoms with Crippen molar-refractivity contribution in [3.8, 4) is 0 Å². The lowest BCUT2D eigenvalue weighted by molar-refractivity contribution is -0.143. The second-order valence-electron chi connectivity index (χ2n) is 8.38. The van der Waals surface area contributed by atoms with Gasteiger partial charge < -0.3 is 15.2 Å². The zero-order chi connectivity index (χ0) is 21.9. The van der Waals surface area contributed by atoms with Gasteiger partial charge in [0.2, 0.25) is 5.91 Å². The highest BCUT2D eigenvalue weighted by Gasteiger charge is 2.28. The van der Waals surface area contributed by atoms with E-state index in [0.29, 0.717) is 52.1 Å². The van der Waals surface area contributed by atoms with Crippen molar-refractivity contribution >= 4 is 17.7 Å². The quantitative estimate of drug-likeness (QED) is 0.540. The van der Waals surface area contributed by atoms with E-state index < -0.39 is 17.9 Å². The number of aryl methyl sites for hydroxylation is 1. The molecule has 1 saturated heterocycles. The van der Waals surface area contributed by atoms with Gasteiger partial charge in [-0.1, -0.05) is 44.2 Å². The fourth-order valence-electron chi connectivity index (χ4n) is 3.64. The van der Waals surface area contributed by atoms with Crippen LogP contribution >= 0.6 is 0 Å². The molecule has 1 unspecified atom stereocenters. The first kappa shape index (κ1) is 24.0. The molecule has 0 bridgehead atoms. The van der Waals surface area contributed by atoms with Crippen LogP contribution in [0.1, 0.15) is 38.7 Å². The fraction of sp³-hybridized carbons (Fsp3) is 0.609. The number of morpholine rings is 1. The van der Waals surface area contributed by atoms with Gasteiger partial charge in [-0.15, -0.1) is 0 Å². The molecule has 2 N–H and O–H groups in total. The Labute approximate surface area is 178 Å². The summed E-state index contributed by atoms with van der Waals surface area (Å²) in [5, 5.41) is 12.1. The van der Waals surface area contributed by atoms with Crippen LogP contribution in [-0.4, -0.2) is 66.6 Å². The number of carbonyl (C=O) groups excluding carboxylic acids is 2. The van der Waals surface area contributed by atoms with E-state index in [9.17, 15) is 19.5 Å². The van der Waals surface area contributed by atoms with Crippen molar-refractivity contribution in [2.75, 3.05) is 32.8 Å². The molecule has 166 valence electrons. The molecule has 7 heteroatoms. The normalized spacial score (nSPS) is 16.8. The number of carbonyl (C=O) groups is 3. The summed E-state index contributed by atoms with van der Waals surface area (Å²) in [6.45, 7) is 6.78. The van der Waals surface area contributed by atoms with Gasteiger partial charge in [-0.05, 0) is 30.7 Å². The largest absolute Gasteiger partial charge is 0.480 e. The second kappa shape index (κ2) is 12.4. The fourth-order valence-corrected chi connectivity index (χ4v) is 3.64. The monoisotopic (exact) mass is 418 g/mol. The van der Waals surface area contributed by atoms with Crippen LogP contribution in [-0.2, 0) is 25.5 Å². The molecule has 0 aliphatic carbocycles. The highest BCUT2D eigenvalue weighted by atomic mass is 16.5. The predicted molar refractivity (Wildman–Crippen MR) is 114 cm³/mol. The third-order valence-corrected chi connectivity index (χ3v) is 5.29. The van der Waals surface area contributed by atoms with Crippen molar-refractivity contribution in [1.82, 2.24) is 10.2 Å². The number of carboxylic acids is 1. The minimum Gasteiger partial charge on any atom is -0.480 e. The molecular formula is C23H34N2O5. The number of rotatable bonds is 12. The second-order valence-corrected chi connectivity index (χ2v) is 8.38. The van der Waals surface area contributed by atoms with Crippen LogP contribution in [0.3, 0.4) is 0 Å². The number of carboxylic acid groups (broad SMARTS) is 1.